The molecule has 0 spiro atoms. The Morgan fingerprint density at radius 1 is 0.765 bits per heavy atom. The number of nitrogens with zero attached hydrogens (tertiary/aromatic N) is 2. The van der Waals surface area contributed by atoms with Gasteiger partial charge >= 0.3 is 0 Å². The first kappa shape index (κ1) is 20.8. The van der Waals surface area contributed by atoms with Crippen LogP contribution < -0.4 is 0 Å². The molecule has 5 aromatic rings. The summed E-state index contributed by atoms with van der Waals surface area (Å²) in [5.74, 6) is 0.761. The van der Waals surface area contributed by atoms with Gasteiger partial charge < -0.3 is 9.40 Å². The van der Waals surface area contributed by atoms with Gasteiger partial charge in [0.15, 0.2) is 5.76 Å². The molecule has 6 rings (SSSR count). The first-order valence-corrected chi connectivity index (χ1v) is 13.4. The molecule has 3 aromatic heterocycles. The molecule has 4 nitrogen and oxygen atoms in total. The van der Waals surface area contributed by atoms with Crippen LogP contribution in [0.25, 0.3) is 5.70 Å². The zero-order valence-corrected chi connectivity index (χ0v) is 19.8. The fraction of sp³-hybridized carbons (Fsp3) is 0. The molecule has 0 saturated heterocycles. The SMILES string of the molecule is c1ccc(SC2=C(c3ccc[nH]3)N=C(c3ccco3)S2(c2ccccc2)c2ccccn2)cc1. The predicted octanol–water partition coefficient (Wildman–Crippen LogP) is 7.80. The highest BCUT2D eigenvalue weighted by molar-refractivity contribution is 8.54. The van der Waals surface area contributed by atoms with E-state index in [2.05, 4.69) is 71.7 Å². The molecule has 0 aliphatic carbocycles. The smallest absolute Gasteiger partial charge is 0.158 e. The second-order valence-corrected chi connectivity index (χ2v) is 11.9. The number of aromatic amines is 1. The molecule has 0 saturated carbocycles. The first-order chi connectivity index (χ1) is 16.9. The van der Waals surface area contributed by atoms with Crippen LogP contribution in [0.1, 0.15) is 11.5 Å². The lowest BCUT2D eigenvalue weighted by atomic mass is 10.3. The lowest BCUT2D eigenvalue weighted by Gasteiger charge is -2.38. The van der Waals surface area contributed by atoms with Gasteiger partial charge in [-0.2, -0.15) is 0 Å². The van der Waals surface area contributed by atoms with E-state index in [-0.39, 0.29) is 0 Å². The van der Waals surface area contributed by atoms with E-state index in [1.165, 1.54) is 4.90 Å². The van der Waals surface area contributed by atoms with Crippen LogP contribution in [0.2, 0.25) is 0 Å². The third kappa shape index (κ3) is 3.43. The van der Waals surface area contributed by atoms with Crippen LogP contribution in [0.4, 0.5) is 0 Å². The Kier molecular flexibility index (Phi) is 5.45. The van der Waals surface area contributed by atoms with Gasteiger partial charge in [-0.25, -0.2) is 4.99 Å². The van der Waals surface area contributed by atoms with E-state index < -0.39 is 10.0 Å². The maximum Gasteiger partial charge on any atom is 0.158 e. The van der Waals surface area contributed by atoms with Crippen LogP contribution in [-0.4, -0.2) is 15.0 Å². The molecule has 34 heavy (non-hydrogen) atoms. The van der Waals surface area contributed by atoms with Gasteiger partial charge in [0.2, 0.25) is 0 Å². The van der Waals surface area contributed by atoms with Crippen molar-refractivity contribution in [2.24, 2.45) is 4.99 Å². The number of hydrogen-bond donors (Lipinski definition) is 1. The molecule has 0 bridgehead atoms. The molecule has 0 amide bonds. The number of benzene rings is 2. The van der Waals surface area contributed by atoms with Gasteiger partial charge in [0, 0.05) is 22.2 Å². The van der Waals surface area contributed by atoms with Gasteiger partial charge in [-0.05, 0) is 60.7 Å². The Morgan fingerprint density at radius 3 is 2.24 bits per heavy atom. The second-order valence-electron chi connectivity index (χ2n) is 7.62. The van der Waals surface area contributed by atoms with Crippen LogP contribution in [-0.2, 0) is 0 Å². The summed E-state index contributed by atoms with van der Waals surface area (Å²) in [6.45, 7) is 0. The largest absolute Gasteiger partial charge is 0.462 e. The number of aromatic nitrogens is 2. The molecule has 0 radical (unpaired) electrons. The Hall–Kier alpha value is -3.74. The lowest BCUT2D eigenvalue weighted by molar-refractivity contribution is 0.559. The van der Waals surface area contributed by atoms with E-state index in [1.807, 2.05) is 48.8 Å². The summed E-state index contributed by atoms with van der Waals surface area (Å²) in [4.78, 5) is 15.9. The van der Waals surface area contributed by atoms with Crippen molar-refractivity contribution in [2.75, 3.05) is 0 Å². The summed E-state index contributed by atoms with van der Waals surface area (Å²) in [5, 5.41) is 1.89. The number of nitrogens with one attached hydrogen (secondary N) is 1. The monoisotopic (exact) mass is 479 g/mol. The molecule has 1 aliphatic rings. The standard InChI is InChI=1S/C28H21N3OS2/c1-3-11-21(12-4-1)33-28-26(23-15-9-19-29-23)31-27(24-16-10-20-32-24)34(28,22-13-5-2-6-14-22)25-17-7-8-18-30-25/h1-20,29H. The van der Waals surface area contributed by atoms with Crippen molar-refractivity contribution >= 4 is 32.5 Å². The number of H-pyrrole nitrogens is 1. The van der Waals surface area contributed by atoms with Gasteiger partial charge in [-0.1, -0.05) is 64.3 Å². The van der Waals surface area contributed by atoms with Gasteiger partial charge in [0.1, 0.15) is 10.7 Å². The number of furan rings is 1. The molecule has 4 heterocycles. The highest BCUT2D eigenvalue weighted by Crippen LogP contribution is 2.76. The summed E-state index contributed by atoms with van der Waals surface area (Å²) in [7, 11) is -2.03. The molecule has 1 unspecified atom stereocenters. The van der Waals surface area contributed by atoms with Gasteiger partial charge in [-0.15, -0.1) is 0 Å². The van der Waals surface area contributed by atoms with Crippen LogP contribution in [0.15, 0.2) is 150 Å². The summed E-state index contributed by atoms with van der Waals surface area (Å²) < 4.78 is 7.16. The van der Waals surface area contributed by atoms with Crippen molar-refractivity contribution in [1.82, 2.24) is 9.97 Å². The van der Waals surface area contributed by atoms with Crippen molar-refractivity contribution < 1.29 is 4.42 Å². The quantitative estimate of drug-likeness (QED) is 0.270. The molecule has 6 heteroatoms. The van der Waals surface area contributed by atoms with E-state index in [0.29, 0.717) is 0 Å². The summed E-state index contributed by atoms with van der Waals surface area (Å²) in [6, 6.07) is 35.2. The third-order valence-electron chi connectivity index (χ3n) is 5.56. The fourth-order valence-corrected chi connectivity index (χ4v) is 9.83. The topological polar surface area (TPSA) is 54.2 Å². The zero-order chi connectivity index (χ0) is 22.8. The number of thioether (sulfide) groups is 1. The van der Waals surface area contributed by atoms with Gasteiger partial charge in [0.25, 0.3) is 0 Å². The zero-order valence-electron chi connectivity index (χ0n) is 18.2. The molecular weight excluding hydrogens is 458 g/mol. The van der Waals surface area contributed by atoms with E-state index in [1.54, 1.807) is 18.0 Å². The lowest BCUT2D eigenvalue weighted by Crippen LogP contribution is -2.14. The summed E-state index contributed by atoms with van der Waals surface area (Å²) >= 11 is 1.76. The van der Waals surface area contributed by atoms with Crippen LogP contribution in [0.3, 0.4) is 0 Å². The molecular formula is C28H21N3OS2. The van der Waals surface area contributed by atoms with Crippen molar-refractivity contribution in [1.29, 1.82) is 0 Å². The Balaban J connectivity index is 1.72. The number of rotatable bonds is 6. The van der Waals surface area contributed by atoms with E-state index in [4.69, 9.17) is 14.4 Å². The van der Waals surface area contributed by atoms with Crippen molar-refractivity contribution in [3.8, 4) is 0 Å². The van der Waals surface area contributed by atoms with E-state index >= 15 is 0 Å². The molecule has 0 fully saturated rings. The second kappa shape index (κ2) is 8.89. The van der Waals surface area contributed by atoms with Crippen LogP contribution >= 0.6 is 21.8 Å². The normalized spacial score (nSPS) is 19.6. The molecule has 1 atom stereocenters. The minimum atomic E-state index is -2.03. The molecule has 1 aliphatic heterocycles. The average molecular weight is 480 g/mol. The highest BCUT2D eigenvalue weighted by Gasteiger charge is 2.47. The Bertz CT molecular complexity index is 1400. The summed E-state index contributed by atoms with van der Waals surface area (Å²) in [6.07, 6.45) is 5.51. The van der Waals surface area contributed by atoms with Crippen LogP contribution in [0.5, 0.6) is 0 Å². The minimum Gasteiger partial charge on any atom is -0.462 e. The van der Waals surface area contributed by atoms with E-state index in [0.717, 1.165) is 36.4 Å². The van der Waals surface area contributed by atoms with E-state index in [9.17, 15) is 0 Å². The Morgan fingerprint density at radius 2 is 1.56 bits per heavy atom. The molecule has 2 aromatic carbocycles. The van der Waals surface area contributed by atoms with Crippen LogP contribution in [0, 0.1) is 0 Å². The fourth-order valence-electron chi connectivity index (χ4n) is 4.10. The highest BCUT2D eigenvalue weighted by atomic mass is 32.3. The third-order valence-corrected chi connectivity index (χ3v) is 10.9. The van der Waals surface area contributed by atoms with Gasteiger partial charge in [0.05, 0.1) is 21.2 Å². The predicted molar refractivity (Wildman–Crippen MR) is 140 cm³/mol. The van der Waals surface area contributed by atoms with Crippen molar-refractivity contribution in [3.63, 3.8) is 0 Å². The van der Waals surface area contributed by atoms with Crippen molar-refractivity contribution in [3.05, 3.63) is 137 Å². The van der Waals surface area contributed by atoms with Crippen molar-refractivity contribution in [2.45, 2.75) is 14.8 Å². The number of pyridine rings is 1. The average Bonchev–Trinajstić information content (AvgIpc) is 3.67. The molecule has 1 N–H and O–H groups in total. The maximum atomic E-state index is 6.00. The number of aliphatic imine (C=N–C) groups is 1. The summed E-state index contributed by atoms with van der Waals surface area (Å²) in [5.41, 5.74) is 1.90. The first-order valence-electron chi connectivity index (χ1n) is 10.9. The molecule has 166 valence electrons. The Labute approximate surface area is 203 Å². The number of hydrogen-bond acceptors (Lipinski definition) is 4. The maximum absolute atomic E-state index is 6.00. The van der Waals surface area contributed by atoms with Gasteiger partial charge in [-0.3, -0.25) is 4.98 Å². The minimum absolute atomic E-state index is 0.761.